The Morgan fingerprint density at radius 3 is 2.41 bits per heavy atom. The maximum absolute atomic E-state index is 13.2. The van der Waals surface area contributed by atoms with E-state index >= 15 is 0 Å². The number of amides is 2. The first-order chi connectivity index (χ1) is 15.1. The van der Waals surface area contributed by atoms with E-state index < -0.39 is 23.7 Å². The van der Waals surface area contributed by atoms with Gasteiger partial charge in [0.15, 0.2) is 0 Å². The number of nitrogens with one attached hydrogen (secondary N) is 1. The number of rotatable bonds is 3. The highest BCUT2D eigenvalue weighted by Crippen LogP contribution is 2.37. The molecule has 0 spiro atoms. The van der Waals surface area contributed by atoms with Gasteiger partial charge < -0.3 is 10.2 Å². The van der Waals surface area contributed by atoms with E-state index in [2.05, 4.69) is 10.2 Å². The van der Waals surface area contributed by atoms with Crippen molar-refractivity contribution in [3.05, 3.63) is 53.1 Å². The van der Waals surface area contributed by atoms with Crippen LogP contribution in [0.3, 0.4) is 0 Å². The van der Waals surface area contributed by atoms with E-state index in [1.807, 2.05) is 29.2 Å². The summed E-state index contributed by atoms with van der Waals surface area (Å²) < 4.78 is 39.1. The van der Waals surface area contributed by atoms with E-state index in [-0.39, 0.29) is 23.8 Å². The molecule has 1 unspecified atom stereocenters. The minimum absolute atomic E-state index is 0.0137. The Morgan fingerprint density at radius 2 is 1.75 bits per heavy atom. The number of nitrogens with zero attached hydrogens (tertiary/aromatic N) is 3. The molecule has 2 heterocycles. The van der Waals surface area contributed by atoms with Gasteiger partial charge in [0.2, 0.25) is 11.8 Å². The largest absolute Gasteiger partial charge is 0.416 e. The number of anilines is 3. The van der Waals surface area contributed by atoms with Crippen LogP contribution >= 0.6 is 11.6 Å². The first kappa shape index (κ1) is 22.4. The topological polar surface area (TPSA) is 55.9 Å². The Balaban J connectivity index is 1.48. The quantitative estimate of drug-likeness (QED) is 0.746. The van der Waals surface area contributed by atoms with Crippen molar-refractivity contribution in [1.29, 1.82) is 0 Å². The molecule has 2 aromatic rings. The van der Waals surface area contributed by atoms with Gasteiger partial charge in [0, 0.05) is 26.2 Å². The lowest BCUT2D eigenvalue weighted by molar-refractivity contribution is -0.137. The molecule has 1 atom stereocenters. The Hall–Kier alpha value is -2.78. The SMILES string of the molecule is CC(C(=O)N1CC(=O)Nc2cc(C(F)(F)F)ccc21)N1CCN(c2ccccc2Cl)CC1. The van der Waals surface area contributed by atoms with Gasteiger partial charge in [0.1, 0.15) is 6.54 Å². The highest BCUT2D eigenvalue weighted by atomic mass is 35.5. The van der Waals surface area contributed by atoms with Crippen molar-refractivity contribution < 1.29 is 22.8 Å². The van der Waals surface area contributed by atoms with Crippen molar-refractivity contribution in [3.63, 3.8) is 0 Å². The number of piperazine rings is 1. The number of para-hydroxylation sites is 1. The van der Waals surface area contributed by atoms with Gasteiger partial charge in [-0.25, -0.2) is 0 Å². The van der Waals surface area contributed by atoms with E-state index in [1.54, 1.807) is 6.92 Å². The van der Waals surface area contributed by atoms with E-state index in [0.717, 1.165) is 17.8 Å². The number of benzene rings is 2. The summed E-state index contributed by atoms with van der Waals surface area (Å²) in [5.41, 5.74) is 0.314. The predicted molar refractivity (Wildman–Crippen MR) is 117 cm³/mol. The van der Waals surface area contributed by atoms with Crippen molar-refractivity contribution in [2.45, 2.75) is 19.1 Å². The molecule has 2 amide bonds. The molecule has 1 saturated heterocycles. The van der Waals surface area contributed by atoms with E-state index in [4.69, 9.17) is 11.6 Å². The molecule has 2 aromatic carbocycles. The second kappa shape index (κ2) is 8.63. The number of carbonyl (C=O) groups is 2. The molecular weight excluding hydrogens is 445 g/mol. The molecule has 1 N–H and O–H groups in total. The fourth-order valence-electron chi connectivity index (χ4n) is 4.10. The van der Waals surface area contributed by atoms with Crippen LogP contribution in [0.5, 0.6) is 0 Å². The zero-order valence-electron chi connectivity index (χ0n) is 17.3. The summed E-state index contributed by atoms with van der Waals surface area (Å²) in [7, 11) is 0. The summed E-state index contributed by atoms with van der Waals surface area (Å²) in [4.78, 5) is 30.8. The van der Waals surface area contributed by atoms with Crippen LogP contribution < -0.4 is 15.1 Å². The first-order valence-electron chi connectivity index (χ1n) is 10.2. The van der Waals surface area contributed by atoms with Crippen LogP contribution in [-0.4, -0.2) is 55.5 Å². The maximum Gasteiger partial charge on any atom is 0.416 e. The highest BCUT2D eigenvalue weighted by Gasteiger charge is 2.36. The van der Waals surface area contributed by atoms with Gasteiger partial charge in [-0.05, 0) is 37.3 Å². The molecule has 0 aliphatic carbocycles. The minimum Gasteiger partial charge on any atom is -0.368 e. The normalized spacial score (nSPS) is 18.2. The van der Waals surface area contributed by atoms with Gasteiger partial charge in [-0.2, -0.15) is 13.2 Å². The third-order valence-corrected chi connectivity index (χ3v) is 6.19. The lowest BCUT2D eigenvalue weighted by Gasteiger charge is -2.40. The zero-order chi connectivity index (χ0) is 23.0. The Morgan fingerprint density at radius 1 is 1.06 bits per heavy atom. The Labute approximate surface area is 188 Å². The summed E-state index contributed by atoms with van der Waals surface area (Å²) in [5, 5.41) is 3.11. The maximum atomic E-state index is 13.2. The molecular formula is C22H22ClF3N4O2. The van der Waals surface area contributed by atoms with Crippen LogP contribution in [0.15, 0.2) is 42.5 Å². The molecule has 0 radical (unpaired) electrons. The van der Waals surface area contributed by atoms with Crippen molar-refractivity contribution in [1.82, 2.24) is 4.90 Å². The fraction of sp³-hybridized carbons (Fsp3) is 0.364. The average molecular weight is 467 g/mol. The van der Waals surface area contributed by atoms with Crippen molar-refractivity contribution in [2.75, 3.05) is 47.8 Å². The second-order valence-electron chi connectivity index (χ2n) is 7.85. The standard InChI is InChI=1S/C22H22ClF3N4O2/c1-14(28-8-10-29(11-9-28)18-5-3-2-4-16(18)23)21(32)30-13-20(31)27-17-12-15(22(24,25)26)6-7-19(17)30/h2-7,12,14H,8-11,13H2,1H3,(H,27,31). The summed E-state index contributed by atoms with van der Waals surface area (Å²) in [6.07, 6.45) is -4.54. The predicted octanol–water partition coefficient (Wildman–Crippen LogP) is 3.85. The van der Waals surface area contributed by atoms with E-state index in [9.17, 15) is 22.8 Å². The second-order valence-corrected chi connectivity index (χ2v) is 8.26. The van der Waals surface area contributed by atoms with Crippen LogP contribution in [0.1, 0.15) is 12.5 Å². The minimum atomic E-state index is -4.54. The van der Waals surface area contributed by atoms with Crippen molar-refractivity contribution in [2.24, 2.45) is 0 Å². The molecule has 0 aromatic heterocycles. The van der Waals surface area contributed by atoms with E-state index in [0.29, 0.717) is 31.2 Å². The lowest BCUT2D eigenvalue weighted by atomic mass is 10.1. The zero-order valence-corrected chi connectivity index (χ0v) is 18.1. The summed E-state index contributed by atoms with van der Waals surface area (Å²) >= 11 is 6.29. The van der Waals surface area contributed by atoms with Crippen molar-refractivity contribution >= 4 is 40.5 Å². The van der Waals surface area contributed by atoms with Crippen LogP contribution in [-0.2, 0) is 15.8 Å². The molecule has 10 heteroatoms. The van der Waals surface area contributed by atoms with Gasteiger partial charge in [0.05, 0.1) is 33.7 Å². The number of halogens is 4. The number of hydrogen-bond acceptors (Lipinski definition) is 4. The molecule has 170 valence electrons. The van der Waals surface area contributed by atoms with Crippen LogP contribution in [0, 0.1) is 0 Å². The number of carbonyl (C=O) groups excluding carboxylic acids is 2. The van der Waals surface area contributed by atoms with Gasteiger partial charge in [-0.3, -0.25) is 19.4 Å². The number of alkyl halides is 3. The number of hydrogen-bond donors (Lipinski definition) is 1. The Bertz CT molecular complexity index is 1040. The molecule has 2 aliphatic rings. The van der Waals surface area contributed by atoms with E-state index in [1.165, 1.54) is 11.0 Å². The smallest absolute Gasteiger partial charge is 0.368 e. The van der Waals surface area contributed by atoms with Gasteiger partial charge in [-0.1, -0.05) is 23.7 Å². The highest BCUT2D eigenvalue weighted by molar-refractivity contribution is 6.33. The molecule has 1 fully saturated rings. The van der Waals surface area contributed by atoms with Gasteiger partial charge in [-0.15, -0.1) is 0 Å². The third-order valence-electron chi connectivity index (χ3n) is 5.87. The molecule has 4 rings (SSSR count). The molecule has 0 saturated carbocycles. The Kier molecular flexibility index (Phi) is 6.05. The molecule has 2 aliphatic heterocycles. The molecule has 32 heavy (non-hydrogen) atoms. The van der Waals surface area contributed by atoms with Gasteiger partial charge >= 0.3 is 6.18 Å². The summed E-state index contributed by atoms with van der Waals surface area (Å²) in [6, 6.07) is 10.0. The van der Waals surface area contributed by atoms with Crippen LogP contribution in [0.2, 0.25) is 5.02 Å². The van der Waals surface area contributed by atoms with Gasteiger partial charge in [0.25, 0.3) is 0 Å². The molecule has 6 nitrogen and oxygen atoms in total. The summed E-state index contributed by atoms with van der Waals surface area (Å²) in [6.45, 7) is 4.09. The van der Waals surface area contributed by atoms with Crippen LogP contribution in [0.4, 0.5) is 30.2 Å². The number of fused-ring (bicyclic) bond motifs is 1. The van der Waals surface area contributed by atoms with Crippen LogP contribution in [0.25, 0.3) is 0 Å². The lowest BCUT2D eigenvalue weighted by Crippen LogP contribution is -2.56. The third kappa shape index (κ3) is 4.40. The fourth-order valence-corrected chi connectivity index (χ4v) is 4.36. The first-order valence-corrected chi connectivity index (χ1v) is 10.6. The summed E-state index contributed by atoms with van der Waals surface area (Å²) in [5.74, 6) is -0.854. The molecule has 0 bridgehead atoms. The average Bonchev–Trinajstić information content (AvgIpc) is 2.77. The monoisotopic (exact) mass is 466 g/mol. The van der Waals surface area contributed by atoms with Crippen molar-refractivity contribution in [3.8, 4) is 0 Å².